The van der Waals surface area contributed by atoms with Crippen molar-refractivity contribution < 1.29 is 4.74 Å². The van der Waals surface area contributed by atoms with Crippen molar-refractivity contribution in [1.29, 1.82) is 5.41 Å². The Morgan fingerprint density at radius 2 is 1.66 bits per heavy atom. The van der Waals surface area contributed by atoms with Crippen LogP contribution in [0, 0.1) is 5.41 Å². The fourth-order valence-electron chi connectivity index (χ4n) is 3.60. The standard InChI is InChI=1S/C24H41N7O/c25-20(9-6-4-2-1-3-5-7-15-29-24(27)28)10-8-16-32-22-13-11-19(12-14-22)23-30-17-21(26)18-31-23/h11-14,21,25H,1-10,15-18,26H2,(H,30,31)(H4,27,28,29). The summed E-state index contributed by atoms with van der Waals surface area (Å²) in [6, 6.07) is 8.08. The van der Waals surface area contributed by atoms with Gasteiger partial charge in [-0.3, -0.25) is 9.98 Å². The van der Waals surface area contributed by atoms with Gasteiger partial charge in [0.25, 0.3) is 0 Å². The molecule has 1 atom stereocenters. The first kappa shape index (κ1) is 25.6. The van der Waals surface area contributed by atoms with E-state index < -0.39 is 0 Å². The minimum Gasteiger partial charge on any atom is -0.494 e. The molecular weight excluding hydrogens is 402 g/mol. The molecule has 1 heterocycles. The van der Waals surface area contributed by atoms with Gasteiger partial charge in [-0.2, -0.15) is 0 Å². The van der Waals surface area contributed by atoms with Crippen LogP contribution in [0.5, 0.6) is 5.75 Å². The zero-order valence-corrected chi connectivity index (χ0v) is 19.3. The maximum atomic E-state index is 8.14. The summed E-state index contributed by atoms with van der Waals surface area (Å²) in [6.45, 7) is 2.78. The van der Waals surface area contributed by atoms with Gasteiger partial charge in [-0.15, -0.1) is 0 Å². The van der Waals surface area contributed by atoms with Crippen LogP contribution in [0.15, 0.2) is 34.3 Å². The molecule has 8 nitrogen and oxygen atoms in total. The van der Waals surface area contributed by atoms with Gasteiger partial charge in [0.1, 0.15) is 11.6 Å². The number of benzene rings is 1. The monoisotopic (exact) mass is 443 g/mol. The van der Waals surface area contributed by atoms with E-state index in [1.165, 1.54) is 32.1 Å². The fourth-order valence-corrected chi connectivity index (χ4v) is 3.60. The summed E-state index contributed by atoms with van der Waals surface area (Å²) in [6.07, 6.45) is 10.8. The van der Waals surface area contributed by atoms with E-state index in [-0.39, 0.29) is 12.0 Å². The number of unbranched alkanes of at least 4 members (excludes halogenated alkanes) is 6. The summed E-state index contributed by atoms with van der Waals surface area (Å²) in [5.74, 6) is 1.93. The second-order valence-electron chi connectivity index (χ2n) is 8.44. The summed E-state index contributed by atoms with van der Waals surface area (Å²) in [5.41, 5.74) is 18.3. The Kier molecular flexibility index (Phi) is 12.2. The second kappa shape index (κ2) is 15.2. The minimum absolute atomic E-state index is 0.0961. The first-order valence-electron chi connectivity index (χ1n) is 11.9. The van der Waals surface area contributed by atoms with Crippen molar-refractivity contribution in [1.82, 2.24) is 5.32 Å². The first-order chi connectivity index (χ1) is 15.5. The summed E-state index contributed by atoms with van der Waals surface area (Å²) >= 11 is 0. The van der Waals surface area contributed by atoms with Crippen molar-refractivity contribution in [2.24, 2.45) is 27.2 Å². The lowest BCUT2D eigenvalue weighted by Crippen LogP contribution is -2.44. The highest BCUT2D eigenvalue weighted by Crippen LogP contribution is 2.14. The molecule has 8 N–H and O–H groups in total. The third-order valence-electron chi connectivity index (χ3n) is 5.47. The average molecular weight is 444 g/mol. The molecular formula is C24H41N7O. The zero-order chi connectivity index (χ0) is 23.0. The van der Waals surface area contributed by atoms with Crippen LogP contribution in [-0.2, 0) is 0 Å². The molecule has 0 saturated heterocycles. The number of hydrogen-bond donors (Lipinski definition) is 5. The second-order valence-corrected chi connectivity index (χ2v) is 8.44. The molecule has 0 spiro atoms. The lowest BCUT2D eigenvalue weighted by atomic mass is 10.0. The van der Waals surface area contributed by atoms with E-state index >= 15 is 0 Å². The molecule has 0 fully saturated rings. The molecule has 8 heteroatoms. The Labute approximate surface area is 192 Å². The van der Waals surface area contributed by atoms with Crippen molar-refractivity contribution in [3.05, 3.63) is 29.8 Å². The minimum atomic E-state index is 0.0961. The number of nitrogens with two attached hydrogens (primary N) is 3. The van der Waals surface area contributed by atoms with Gasteiger partial charge < -0.3 is 32.7 Å². The Morgan fingerprint density at radius 3 is 2.31 bits per heavy atom. The van der Waals surface area contributed by atoms with Crippen LogP contribution in [0.2, 0.25) is 0 Å². The van der Waals surface area contributed by atoms with E-state index in [2.05, 4.69) is 15.3 Å². The Balaban J connectivity index is 1.45. The van der Waals surface area contributed by atoms with Crippen molar-refractivity contribution >= 4 is 17.5 Å². The van der Waals surface area contributed by atoms with Crippen molar-refractivity contribution in [3.8, 4) is 5.75 Å². The Hall–Kier alpha value is -2.61. The zero-order valence-electron chi connectivity index (χ0n) is 19.3. The maximum absolute atomic E-state index is 8.14. The van der Waals surface area contributed by atoms with Gasteiger partial charge in [-0.05, 0) is 56.4 Å². The molecule has 2 rings (SSSR count). The van der Waals surface area contributed by atoms with E-state index in [1.54, 1.807) is 0 Å². The van der Waals surface area contributed by atoms with Gasteiger partial charge in [0.05, 0.1) is 13.2 Å². The summed E-state index contributed by atoms with van der Waals surface area (Å²) in [7, 11) is 0. The number of nitrogens with zero attached hydrogens (tertiary/aromatic N) is 2. The van der Waals surface area contributed by atoms with E-state index in [4.69, 9.17) is 27.3 Å². The van der Waals surface area contributed by atoms with Gasteiger partial charge in [0, 0.05) is 30.4 Å². The molecule has 0 aromatic heterocycles. The van der Waals surface area contributed by atoms with Crippen molar-refractivity contribution in [2.75, 3.05) is 26.2 Å². The highest BCUT2D eigenvalue weighted by Gasteiger charge is 2.12. The van der Waals surface area contributed by atoms with E-state index in [0.717, 1.165) is 68.1 Å². The number of aliphatic imine (C=N–C) groups is 2. The quantitative estimate of drug-likeness (QED) is 0.151. The van der Waals surface area contributed by atoms with Gasteiger partial charge in [0.15, 0.2) is 5.96 Å². The van der Waals surface area contributed by atoms with Crippen LogP contribution in [0.3, 0.4) is 0 Å². The Morgan fingerprint density at radius 1 is 1.00 bits per heavy atom. The average Bonchev–Trinajstić information content (AvgIpc) is 2.79. The molecule has 1 aromatic carbocycles. The molecule has 1 unspecified atom stereocenters. The molecule has 0 bridgehead atoms. The molecule has 0 radical (unpaired) electrons. The third kappa shape index (κ3) is 11.1. The topological polar surface area (TPSA) is 148 Å². The third-order valence-corrected chi connectivity index (χ3v) is 5.47. The summed E-state index contributed by atoms with van der Waals surface area (Å²) < 4.78 is 5.83. The van der Waals surface area contributed by atoms with Crippen LogP contribution in [0.25, 0.3) is 0 Å². The molecule has 1 aliphatic heterocycles. The number of guanidine groups is 1. The SMILES string of the molecule is N=C(CCCCCCCCCN=C(N)N)CCCOc1ccc(C2=NCC(N)CN2)cc1. The highest BCUT2D eigenvalue weighted by molar-refractivity contribution is 5.99. The predicted molar refractivity (Wildman–Crippen MR) is 134 cm³/mol. The van der Waals surface area contributed by atoms with Crippen LogP contribution < -0.4 is 27.3 Å². The van der Waals surface area contributed by atoms with Gasteiger partial charge in [0.2, 0.25) is 0 Å². The van der Waals surface area contributed by atoms with Crippen LogP contribution in [-0.4, -0.2) is 49.8 Å². The largest absolute Gasteiger partial charge is 0.494 e. The Bertz CT molecular complexity index is 726. The fraction of sp³-hybridized carbons (Fsp3) is 0.625. The van der Waals surface area contributed by atoms with Crippen molar-refractivity contribution in [2.45, 2.75) is 70.3 Å². The van der Waals surface area contributed by atoms with E-state index in [0.29, 0.717) is 13.2 Å². The molecule has 1 aliphatic rings. The molecule has 0 saturated carbocycles. The molecule has 0 amide bonds. The maximum Gasteiger partial charge on any atom is 0.185 e. The number of rotatable bonds is 16. The van der Waals surface area contributed by atoms with Crippen LogP contribution in [0.4, 0.5) is 0 Å². The number of nitrogens with one attached hydrogen (secondary N) is 2. The number of hydrogen-bond acceptors (Lipinski definition) is 6. The number of ether oxygens (including phenoxy) is 1. The lowest BCUT2D eigenvalue weighted by molar-refractivity contribution is 0.313. The van der Waals surface area contributed by atoms with Gasteiger partial charge >= 0.3 is 0 Å². The lowest BCUT2D eigenvalue weighted by Gasteiger charge is -2.20. The first-order valence-corrected chi connectivity index (χ1v) is 11.9. The van der Waals surface area contributed by atoms with Gasteiger partial charge in [-0.1, -0.05) is 32.1 Å². The van der Waals surface area contributed by atoms with Crippen LogP contribution >= 0.6 is 0 Å². The molecule has 0 aliphatic carbocycles. The highest BCUT2D eigenvalue weighted by atomic mass is 16.5. The smallest absolute Gasteiger partial charge is 0.185 e. The van der Waals surface area contributed by atoms with E-state index in [9.17, 15) is 0 Å². The summed E-state index contributed by atoms with van der Waals surface area (Å²) in [5, 5.41) is 11.4. The van der Waals surface area contributed by atoms with Crippen LogP contribution in [0.1, 0.15) is 69.8 Å². The molecule has 1 aromatic rings. The number of amidine groups is 1. The van der Waals surface area contributed by atoms with Crippen molar-refractivity contribution in [3.63, 3.8) is 0 Å². The predicted octanol–water partition coefficient (Wildman–Crippen LogP) is 2.94. The van der Waals surface area contributed by atoms with E-state index in [1.807, 2.05) is 24.3 Å². The van der Waals surface area contributed by atoms with Gasteiger partial charge in [-0.25, -0.2) is 0 Å². The molecule has 32 heavy (non-hydrogen) atoms. The summed E-state index contributed by atoms with van der Waals surface area (Å²) in [4.78, 5) is 8.46. The molecule has 178 valence electrons. The normalized spacial score (nSPS) is 15.5.